The van der Waals surface area contributed by atoms with E-state index in [0.29, 0.717) is 11.1 Å². The molecular formula is C28H19BrN4O2. The molecule has 2 heterocycles. The van der Waals surface area contributed by atoms with Crippen molar-refractivity contribution in [1.82, 2.24) is 0 Å². The quantitative estimate of drug-likeness (QED) is 0.437. The van der Waals surface area contributed by atoms with Crippen LogP contribution >= 0.6 is 15.9 Å². The summed E-state index contributed by atoms with van der Waals surface area (Å²) < 4.78 is 13.4. The fraction of sp³-hybridized carbons (Fsp3) is 0.214. The Morgan fingerprint density at radius 3 is 2.00 bits per heavy atom. The Balaban J connectivity index is 1.71. The number of nitrogens with one attached hydrogen (secondary N) is 1. The maximum absolute atomic E-state index is 10.4. The lowest BCUT2D eigenvalue weighted by Crippen LogP contribution is -2.57. The average molecular weight is 523 g/mol. The summed E-state index contributed by atoms with van der Waals surface area (Å²) in [7, 11) is 0. The molecule has 0 radical (unpaired) electrons. The molecule has 7 heteroatoms. The first-order valence-electron chi connectivity index (χ1n) is 11.0. The van der Waals surface area contributed by atoms with E-state index in [-0.39, 0.29) is 0 Å². The molecule has 0 saturated carbocycles. The van der Waals surface area contributed by atoms with Gasteiger partial charge in [0.1, 0.15) is 6.10 Å². The van der Waals surface area contributed by atoms with E-state index in [4.69, 9.17) is 14.9 Å². The zero-order chi connectivity index (χ0) is 24.8. The summed E-state index contributed by atoms with van der Waals surface area (Å²) >= 11 is 3.42. The fourth-order valence-electron chi connectivity index (χ4n) is 5.33. The molecular weight excluding hydrogens is 504 g/mol. The highest BCUT2D eigenvalue weighted by Gasteiger charge is 2.79. The number of rotatable bonds is 3. The van der Waals surface area contributed by atoms with Crippen molar-refractivity contribution in [1.29, 1.82) is 21.2 Å². The number of ether oxygens (including phenoxy) is 2. The molecule has 2 fully saturated rings. The number of hydrogen-bond acceptors (Lipinski definition) is 6. The van der Waals surface area contributed by atoms with E-state index in [1.807, 2.05) is 54.6 Å². The van der Waals surface area contributed by atoms with Crippen LogP contribution in [-0.2, 0) is 15.3 Å². The van der Waals surface area contributed by atoms with Crippen molar-refractivity contribution < 1.29 is 9.47 Å². The summed E-state index contributed by atoms with van der Waals surface area (Å²) in [4.78, 5) is 0. The molecule has 5 rings (SSSR count). The summed E-state index contributed by atoms with van der Waals surface area (Å²) in [5.41, 5.74) is -0.687. The lowest BCUT2D eigenvalue weighted by Gasteiger charge is -2.48. The summed E-state index contributed by atoms with van der Waals surface area (Å²) in [6, 6.07) is 30.8. The molecule has 170 valence electrons. The van der Waals surface area contributed by atoms with Crippen LogP contribution in [0.15, 0.2) is 83.3 Å². The van der Waals surface area contributed by atoms with Crippen LogP contribution in [0.3, 0.4) is 0 Å². The third-order valence-electron chi connectivity index (χ3n) is 7.24. The number of nitrogens with zero attached hydrogens (tertiary/aromatic N) is 3. The molecule has 35 heavy (non-hydrogen) atoms. The monoisotopic (exact) mass is 522 g/mol. The molecule has 0 aliphatic carbocycles. The van der Waals surface area contributed by atoms with Gasteiger partial charge in [0.15, 0.2) is 5.41 Å². The van der Waals surface area contributed by atoms with Crippen LogP contribution in [0.4, 0.5) is 0 Å². The van der Waals surface area contributed by atoms with Gasteiger partial charge in [0.2, 0.25) is 17.1 Å². The number of halogens is 1. The van der Waals surface area contributed by atoms with Crippen LogP contribution < -0.4 is 0 Å². The van der Waals surface area contributed by atoms with Crippen LogP contribution in [0.5, 0.6) is 0 Å². The van der Waals surface area contributed by atoms with E-state index in [1.165, 1.54) is 0 Å². The lowest BCUT2D eigenvalue weighted by atomic mass is 9.53. The van der Waals surface area contributed by atoms with Gasteiger partial charge in [-0.05, 0) is 28.8 Å². The predicted octanol–water partition coefficient (Wildman–Crippen LogP) is 6.23. The number of hydrogen-bond donors (Lipinski definition) is 1. The highest BCUT2D eigenvalue weighted by molar-refractivity contribution is 9.10. The average Bonchev–Trinajstić information content (AvgIpc) is 3.06. The van der Waals surface area contributed by atoms with Crippen LogP contribution in [0.1, 0.15) is 24.2 Å². The van der Waals surface area contributed by atoms with Crippen LogP contribution in [0.25, 0.3) is 11.1 Å². The molecule has 0 spiro atoms. The van der Waals surface area contributed by atoms with Gasteiger partial charge in [-0.25, -0.2) is 0 Å². The van der Waals surface area contributed by atoms with Crippen LogP contribution in [0, 0.1) is 56.2 Å². The minimum Gasteiger partial charge on any atom is -0.443 e. The molecule has 4 unspecified atom stereocenters. The zero-order valence-electron chi connectivity index (χ0n) is 18.7. The summed E-state index contributed by atoms with van der Waals surface area (Å²) in [5.74, 6) is -2.73. The molecule has 2 aliphatic rings. The Morgan fingerprint density at radius 1 is 0.829 bits per heavy atom. The highest BCUT2D eigenvalue weighted by Crippen LogP contribution is 2.69. The van der Waals surface area contributed by atoms with E-state index in [2.05, 4.69) is 34.1 Å². The van der Waals surface area contributed by atoms with Gasteiger partial charge in [0.25, 0.3) is 0 Å². The van der Waals surface area contributed by atoms with Crippen molar-refractivity contribution in [2.24, 2.45) is 16.7 Å². The molecule has 6 nitrogen and oxygen atoms in total. The number of fused-ring (bicyclic) bond motifs is 2. The molecule has 3 aromatic carbocycles. The van der Waals surface area contributed by atoms with Gasteiger partial charge in [-0.3, -0.25) is 5.41 Å². The zero-order valence-corrected chi connectivity index (χ0v) is 20.3. The topological polar surface area (TPSA) is 114 Å². The summed E-state index contributed by atoms with van der Waals surface area (Å²) in [5, 5.41) is 39.9. The Bertz CT molecular complexity index is 1420. The predicted molar refractivity (Wildman–Crippen MR) is 131 cm³/mol. The van der Waals surface area contributed by atoms with Gasteiger partial charge in [-0.2, -0.15) is 15.8 Å². The fourth-order valence-corrected chi connectivity index (χ4v) is 5.60. The molecule has 3 aromatic rings. The van der Waals surface area contributed by atoms with E-state index >= 15 is 0 Å². The Hall–Kier alpha value is -3.96. The standard InChI is InChI=1S/C28H19BrN4O2/c1-18-27(17-32)25(33)35-28(18,22-11-13-23(29)14-12-22)34-24(26(27,15-30)16-31)21-9-7-20(8-10-21)19-5-3-2-4-6-19/h2-14,18,24,33H,1H3. The van der Waals surface area contributed by atoms with E-state index < -0.39 is 34.5 Å². The molecule has 2 bridgehead atoms. The molecule has 4 atom stereocenters. The van der Waals surface area contributed by atoms with Crippen molar-refractivity contribution in [3.05, 3.63) is 94.5 Å². The van der Waals surface area contributed by atoms with Crippen molar-refractivity contribution in [3.63, 3.8) is 0 Å². The maximum Gasteiger partial charge on any atom is 0.244 e. The second kappa shape index (κ2) is 8.07. The molecule has 0 aromatic heterocycles. The number of nitriles is 3. The molecule has 0 amide bonds. The molecule has 2 aliphatic heterocycles. The first-order chi connectivity index (χ1) is 16.9. The van der Waals surface area contributed by atoms with Crippen molar-refractivity contribution >= 4 is 21.8 Å². The summed E-state index contributed by atoms with van der Waals surface area (Å²) in [6.45, 7) is 1.70. The summed E-state index contributed by atoms with van der Waals surface area (Å²) in [6.07, 6.45) is -1.13. The minimum atomic E-state index is -2.00. The SMILES string of the molecule is CC1C2(c3ccc(Br)cc3)OC(=N)C1(C#N)C(C#N)(C#N)C(c1ccc(-c3ccccc3)cc1)O2. The van der Waals surface area contributed by atoms with Gasteiger partial charge < -0.3 is 9.47 Å². The van der Waals surface area contributed by atoms with Crippen LogP contribution in [0.2, 0.25) is 0 Å². The third kappa shape index (κ3) is 2.91. The van der Waals surface area contributed by atoms with E-state index in [1.54, 1.807) is 31.2 Å². The van der Waals surface area contributed by atoms with Crippen molar-refractivity contribution in [2.45, 2.75) is 18.8 Å². The second-order valence-electron chi connectivity index (χ2n) is 8.76. The molecule has 1 N–H and O–H groups in total. The second-order valence-corrected chi connectivity index (χ2v) is 9.68. The van der Waals surface area contributed by atoms with Gasteiger partial charge in [0.05, 0.1) is 24.1 Å². The Morgan fingerprint density at radius 2 is 1.43 bits per heavy atom. The maximum atomic E-state index is 10.4. The van der Waals surface area contributed by atoms with Crippen molar-refractivity contribution in [3.8, 4) is 29.3 Å². The minimum absolute atomic E-state index is 0.429. The van der Waals surface area contributed by atoms with Gasteiger partial charge in [-0.15, -0.1) is 0 Å². The molecule has 2 saturated heterocycles. The lowest BCUT2D eigenvalue weighted by molar-refractivity contribution is -0.288. The Labute approximate surface area is 211 Å². The van der Waals surface area contributed by atoms with Gasteiger partial charge >= 0.3 is 0 Å². The largest absolute Gasteiger partial charge is 0.443 e. The first kappa shape index (κ1) is 22.8. The highest BCUT2D eigenvalue weighted by atomic mass is 79.9. The van der Waals surface area contributed by atoms with E-state index in [0.717, 1.165) is 15.6 Å². The normalized spacial score (nSPS) is 28.3. The van der Waals surface area contributed by atoms with E-state index in [9.17, 15) is 15.8 Å². The van der Waals surface area contributed by atoms with Gasteiger partial charge in [-0.1, -0.05) is 89.6 Å². The number of benzene rings is 3. The van der Waals surface area contributed by atoms with Crippen molar-refractivity contribution in [2.75, 3.05) is 0 Å². The first-order valence-corrected chi connectivity index (χ1v) is 11.8. The Kier molecular flexibility index (Phi) is 5.26. The smallest absolute Gasteiger partial charge is 0.244 e. The third-order valence-corrected chi connectivity index (χ3v) is 7.76. The van der Waals surface area contributed by atoms with Crippen LogP contribution in [-0.4, -0.2) is 5.90 Å². The van der Waals surface area contributed by atoms with Gasteiger partial charge in [0, 0.05) is 10.0 Å².